The summed E-state index contributed by atoms with van der Waals surface area (Å²) in [6.45, 7) is 3.49. The van der Waals surface area contributed by atoms with Gasteiger partial charge in [0.05, 0.1) is 13.1 Å². The minimum atomic E-state index is -0.529. The fourth-order valence-corrected chi connectivity index (χ4v) is 5.31. The van der Waals surface area contributed by atoms with Crippen LogP contribution in [-0.2, 0) is 22.6 Å². The summed E-state index contributed by atoms with van der Waals surface area (Å²) < 4.78 is 0. The molecule has 2 heterocycles. The molecule has 37 heavy (non-hydrogen) atoms. The number of amides is 4. The summed E-state index contributed by atoms with van der Waals surface area (Å²) >= 11 is 0. The first kappa shape index (κ1) is 26.7. The van der Waals surface area contributed by atoms with Gasteiger partial charge >= 0.3 is 6.03 Å². The highest BCUT2D eigenvalue weighted by Crippen LogP contribution is 2.28. The minimum Gasteiger partial charge on any atom is -0.337 e. The maximum absolute atomic E-state index is 13.6. The Hall–Kier alpha value is -3.39. The average molecular weight is 506 g/mol. The second kappa shape index (κ2) is 12.7. The highest BCUT2D eigenvalue weighted by molar-refractivity contribution is 5.91. The number of carbonyl (C=O) groups is 3. The van der Waals surface area contributed by atoms with E-state index < -0.39 is 12.2 Å². The van der Waals surface area contributed by atoms with Crippen molar-refractivity contribution in [2.24, 2.45) is 0 Å². The molecule has 2 aromatic carbocycles. The van der Waals surface area contributed by atoms with E-state index >= 15 is 0 Å². The van der Waals surface area contributed by atoms with Crippen LogP contribution in [0.2, 0.25) is 0 Å². The summed E-state index contributed by atoms with van der Waals surface area (Å²) in [4.78, 5) is 43.7. The van der Waals surface area contributed by atoms with E-state index in [0.29, 0.717) is 26.1 Å². The van der Waals surface area contributed by atoms with Gasteiger partial charge in [-0.15, -0.1) is 0 Å². The first-order valence-corrected chi connectivity index (χ1v) is 13.5. The number of hydrogen-bond donors (Lipinski definition) is 1. The molecular weight excluding hydrogens is 466 g/mol. The number of benzene rings is 2. The van der Waals surface area contributed by atoms with Gasteiger partial charge in [0.15, 0.2) is 0 Å². The molecular formula is C29H39N5O3. The highest BCUT2D eigenvalue weighted by atomic mass is 16.2. The van der Waals surface area contributed by atoms with Crippen LogP contribution in [-0.4, -0.2) is 76.6 Å². The van der Waals surface area contributed by atoms with E-state index in [1.54, 1.807) is 22.0 Å². The zero-order valence-corrected chi connectivity index (χ0v) is 22.0. The fourth-order valence-electron chi connectivity index (χ4n) is 5.31. The summed E-state index contributed by atoms with van der Waals surface area (Å²) in [5.41, 5.74) is 2.29. The molecule has 4 amide bonds. The van der Waals surface area contributed by atoms with Crippen LogP contribution in [0.15, 0.2) is 60.7 Å². The monoisotopic (exact) mass is 505 g/mol. The average Bonchev–Trinajstić information content (AvgIpc) is 2.91. The molecule has 0 bridgehead atoms. The SMILES string of the molecule is CCCC[C@H]1C(=O)N(CCCCc2ccccc2)CC2N1C(=O)CN(C)N2C(=O)NCc1ccccc1. The van der Waals surface area contributed by atoms with Crippen molar-refractivity contribution in [3.63, 3.8) is 0 Å². The zero-order valence-electron chi connectivity index (χ0n) is 22.0. The molecule has 0 radical (unpaired) electrons. The van der Waals surface area contributed by atoms with Crippen LogP contribution in [0.25, 0.3) is 0 Å². The molecule has 0 saturated carbocycles. The van der Waals surface area contributed by atoms with Crippen LogP contribution in [0.3, 0.4) is 0 Å². The lowest BCUT2D eigenvalue weighted by Crippen LogP contribution is -2.75. The number of aryl methyl sites for hydroxylation is 1. The number of likely N-dealkylation sites (N-methyl/N-ethyl adjacent to an activating group) is 1. The van der Waals surface area contributed by atoms with Crippen LogP contribution in [0.4, 0.5) is 4.79 Å². The smallest absolute Gasteiger partial charge is 0.334 e. The van der Waals surface area contributed by atoms with Crippen LogP contribution in [0, 0.1) is 0 Å². The molecule has 198 valence electrons. The fraction of sp³-hybridized carbons (Fsp3) is 0.483. The third-order valence-electron chi connectivity index (χ3n) is 7.25. The van der Waals surface area contributed by atoms with E-state index in [0.717, 1.165) is 37.7 Å². The topological polar surface area (TPSA) is 76.2 Å². The minimum absolute atomic E-state index is 0.00644. The second-order valence-corrected chi connectivity index (χ2v) is 9.97. The van der Waals surface area contributed by atoms with Crippen molar-refractivity contribution in [2.45, 2.75) is 64.2 Å². The quantitative estimate of drug-likeness (QED) is 0.501. The molecule has 2 aliphatic heterocycles. The van der Waals surface area contributed by atoms with Gasteiger partial charge < -0.3 is 15.1 Å². The number of urea groups is 1. The van der Waals surface area contributed by atoms with Crippen molar-refractivity contribution in [3.8, 4) is 0 Å². The van der Waals surface area contributed by atoms with Crippen LogP contribution >= 0.6 is 0 Å². The van der Waals surface area contributed by atoms with E-state index in [-0.39, 0.29) is 24.4 Å². The number of unbranched alkanes of at least 4 members (excludes halogenated alkanes) is 2. The Balaban J connectivity index is 1.47. The van der Waals surface area contributed by atoms with Gasteiger partial charge in [-0.3, -0.25) is 9.59 Å². The van der Waals surface area contributed by atoms with Gasteiger partial charge in [-0.2, -0.15) is 0 Å². The number of nitrogens with zero attached hydrogens (tertiary/aromatic N) is 4. The van der Waals surface area contributed by atoms with E-state index in [9.17, 15) is 14.4 Å². The Morgan fingerprint density at radius 1 is 0.946 bits per heavy atom. The molecule has 2 saturated heterocycles. The van der Waals surface area contributed by atoms with Crippen molar-refractivity contribution in [1.82, 2.24) is 25.1 Å². The number of nitrogens with one attached hydrogen (secondary N) is 1. The molecule has 4 rings (SSSR count). The molecule has 2 aliphatic rings. The van der Waals surface area contributed by atoms with Gasteiger partial charge in [-0.25, -0.2) is 14.8 Å². The van der Waals surface area contributed by atoms with E-state index in [4.69, 9.17) is 0 Å². The Morgan fingerprint density at radius 2 is 1.62 bits per heavy atom. The predicted molar refractivity (Wildman–Crippen MR) is 143 cm³/mol. The van der Waals surface area contributed by atoms with Crippen LogP contribution < -0.4 is 5.32 Å². The highest BCUT2D eigenvalue weighted by Gasteiger charge is 2.50. The third-order valence-corrected chi connectivity index (χ3v) is 7.25. The number of rotatable bonds is 10. The molecule has 1 N–H and O–H groups in total. The molecule has 1 unspecified atom stereocenters. The maximum Gasteiger partial charge on any atom is 0.334 e. The molecule has 2 fully saturated rings. The largest absolute Gasteiger partial charge is 0.337 e. The number of hydrogen-bond acceptors (Lipinski definition) is 4. The first-order chi connectivity index (χ1) is 18.0. The van der Waals surface area contributed by atoms with Crippen LogP contribution in [0.1, 0.15) is 50.2 Å². The summed E-state index contributed by atoms with van der Waals surface area (Å²) in [5.74, 6) is -0.0928. The van der Waals surface area contributed by atoms with E-state index in [1.165, 1.54) is 5.56 Å². The van der Waals surface area contributed by atoms with Gasteiger partial charge in [0.2, 0.25) is 11.8 Å². The van der Waals surface area contributed by atoms with Crippen molar-refractivity contribution >= 4 is 17.8 Å². The summed E-state index contributed by atoms with van der Waals surface area (Å²) in [6, 6.07) is 19.3. The molecule has 8 nitrogen and oxygen atoms in total. The standard InChI is InChI=1S/C29H39N5O3/c1-3-4-18-25-28(36)32(19-12-11-15-23-13-7-5-8-14-23)21-26-33(25)27(35)22-31(2)34(26)29(37)30-20-24-16-9-6-10-17-24/h5-10,13-14,16-17,25-26H,3-4,11-12,15,18-22H2,1-2H3,(H,30,37)/t25-,26?/m0/s1. The summed E-state index contributed by atoms with van der Waals surface area (Å²) in [6.07, 6.45) is 4.70. The van der Waals surface area contributed by atoms with Crippen molar-refractivity contribution < 1.29 is 14.4 Å². The molecule has 2 atom stereocenters. The van der Waals surface area contributed by atoms with E-state index in [1.807, 2.05) is 53.4 Å². The third kappa shape index (κ3) is 6.49. The van der Waals surface area contributed by atoms with Crippen molar-refractivity contribution in [3.05, 3.63) is 71.8 Å². The maximum atomic E-state index is 13.6. The Bertz CT molecular complexity index is 1050. The Morgan fingerprint density at radius 3 is 2.30 bits per heavy atom. The molecule has 2 aromatic rings. The lowest BCUT2D eigenvalue weighted by Gasteiger charge is -2.54. The first-order valence-electron chi connectivity index (χ1n) is 13.5. The van der Waals surface area contributed by atoms with E-state index in [2.05, 4.69) is 24.4 Å². The van der Waals surface area contributed by atoms with Gasteiger partial charge in [0, 0.05) is 20.1 Å². The number of piperazine rings is 1. The van der Waals surface area contributed by atoms with Crippen molar-refractivity contribution in [1.29, 1.82) is 0 Å². The molecule has 0 aliphatic carbocycles. The number of carbonyl (C=O) groups excluding carboxylic acids is 3. The Kier molecular flexibility index (Phi) is 9.17. The predicted octanol–water partition coefficient (Wildman–Crippen LogP) is 3.64. The molecule has 0 spiro atoms. The van der Waals surface area contributed by atoms with Crippen LogP contribution in [0.5, 0.6) is 0 Å². The van der Waals surface area contributed by atoms with Crippen molar-refractivity contribution in [2.75, 3.05) is 26.7 Å². The number of hydrazine groups is 1. The molecule has 0 aromatic heterocycles. The number of fused-ring (bicyclic) bond motifs is 1. The summed E-state index contributed by atoms with van der Waals surface area (Å²) in [5, 5.41) is 6.32. The summed E-state index contributed by atoms with van der Waals surface area (Å²) in [7, 11) is 1.76. The second-order valence-electron chi connectivity index (χ2n) is 9.97. The zero-order chi connectivity index (χ0) is 26.2. The normalized spacial score (nSPS) is 20.2. The Labute approximate surface area is 220 Å². The lowest BCUT2D eigenvalue weighted by atomic mass is 10.0. The van der Waals surface area contributed by atoms with Gasteiger partial charge in [-0.05, 0) is 36.8 Å². The lowest BCUT2D eigenvalue weighted by molar-refractivity contribution is -0.187. The van der Waals surface area contributed by atoms with Gasteiger partial charge in [-0.1, -0.05) is 80.4 Å². The van der Waals surface area contributed by atoms with Gasteiger partial charge in [0.1, 0.15) is 12.2 Å². The van der Waals surface area contributed by atoms with Gasteiger partial charge in [0.25, 0.3) is 0 Å². The molecule has 8 heteroatoms.